The van der Waals surface area contributed by atoms with Gasteiger partial charge in [-0.3, -0.25) is 0 Å². The molecule has 0 aliphatic rings. The zero-order chi connectivity index (χ0) is 17.7. The highest BCUT2D eigenvalue weighted by atomic mass is 35.5. The third kappa shape index (κ3) is 5.43. The van der Waals surface area contributed by atoms with Gasteiger partial charge in [0.05, 0.1) is 10.9 Å². The normalized spacial score (nSPS) is 12.0. The molecular weight excluding hydrogens is 360 g/mol. The molecule has 24 heavy (non-hydrogen) atoms. The van der Waals surface area contributed by atoms with E-state index in [0.717, 1.165) is 26.9 Å². The summed E-state index contributed by atoms with van der Waals surface area (Å²) in [4.78, 5) is 16.3. The predicted octanol–water partition coefficient (Wildman–Crippen LogP) is 6.26. The minimum atomic E-state index is -0.120. The molecule has 0 fully saturated rings. The number of thioether (sulfide) groups is 1. The van der Waals surface area contributed by atoms with Crippen LogP contribution >= 0.6 is 34.7 Å². The molecular formula is C18H23ClN2OS2. The first kappa shape index (κ1) is 19.2. The van der Waals surface area contributed by atoms with Crippen LogP contribution in [-0.2, 0) is 6.54 Å². The zero-order valence-corrected chi connectivity index (χ0v) is 16.8. The highest BCUT2D eigenvalue weighted by Gasteiger charge is 2.12. The first-order valence-corrected chi connectivity index (χ1v) is 10.00. The molecule has 1 N–H and O–H groups in total. The lowest BCUT2D eigenvalue weighted by molar-refractivity contribution is 0.221. The Kier molecular flexibility index (Phi) is 7.02. The first-order chi connectivity index (χ1) is 11.4. The number of carbonyl (C=O) groups is 1. The van der Waals surface area contributed by atoms with E-state index in [2.05, 4.69) is 31.3 Å². The van der Waals surface area contributed by atoms with Crippen molar-refractivity contribution in [2.75, 3.05) is 12.4 Å². The van der Waals surface area contributed by atoms with Gasteiger partial charge in [0.25, 0.3) is 0 Å². The van der Waals surface area contributed by atoms with Gasteiger partial charge >= 0.3 is 6.03 Å². The van der Waals surface area contributed by atoms with Gasteiger partial charge in [0.15, 0.2) is 0 Å². The van der Waals surface area contributed by atoms with Crippen LogP contribution in [0.2, 0.25) is 4.34 Å². The molecule has 6 heteroatoms. The maximum Gasteiger partial charge on any atom is 0.321 e. The number of aryl methyl sites for hydroxylation is 1. The molecule has 0 aliphatic heterocycles. The smallest absolute Gasteiger partial charge is 0.321 e. The number of nitrogens with zero attached hydrogens (tertiary/aromatic N) is 1. The van der Waals surface area contributed by atoms with Gasteiger partial charge in [-0.05, 0) is 49.2 Å². The number of nitrogens with one attached hydrogen (secondary N) is 1. The van der Waals surface area contributed by atoms with E-state index in [4.69, 9.17) is 11.6 Å². The van der Waals surface area contributed by atoms with Gasteiger partial charge in [-0.25, -0.2) is 4.79 Å². The highest BCUT2D eigenvalue weighted by molar-refractivity contribution is 7.99. The molecule has 1 heterocycles. The van der Waals surface area contributed by atoms with Gasteiger partial charge in [-0.2, -0.15) is 0 Å². The first-order valence-electron chi connectivity index (χ1n) is 7.92. The molecule has 1 aromatic heterocycles. The summed E-state index contributed by atoms with van der Waals surface area (Å²) < 4.78 is 0.740. The van der Waals surface area contributed by atoms with Crippen molar-refractivity contribution < 1.29 is 4.79 Å². The van der Waals surface area contributed by atoms with Crippen LogP contribution in [0.5, 0.6) is 0 Å². The molecule has 0 saturated carbocycles. The van der Waals surface area contributed by atoms with E-state index in [0.29, 0.717) is 11.8 Å². The largest absolute Gasteiger partial charge is 0.322 e. The van der Waals surface area contributed by atoms with Crippen LogP contribution in [0.4, 0.5) is 10.5 Å². The Morgan fingerprint density at radius 3 is 2.71 bits per heavy atom. The number of halogens is 1. The van der Waals surface area contributed by atoms with Gasteiger partial charge in [0, 0.05) is 27.8 Å². The Morgan fingerprint density at radius 2 is 2.12 bits per heavy atom. The fourth-order valence-corrected chi connectivity index (χ4v) is 4.28. The van der Waals surface area contributed by atoms with E-state index in [1.54, 1.807) is 11.9 Å². The van der Waals surface area contributed by atoms with Crippen LogP contribution < -0.4 is 5.32 Å². The van der Waals surface area contributed by atoms with Crippen molar-refractivity contribution in [1.82, 2.24) is 4.90 Å². The van der Waals surface area contributed by atoms with Crippen molar-refractivity contribution in [1.29, 1.82) is 0 Å². The molecule has 0 saturated heterocycles. The van der Waals surface area contributed by atoms with Crippen molar-refractivity contribution in [2.24, 2.45) is 0 Å². The highest BCUT2D eigenvalue weighted by Crippen LogP contribution is 2.28. The van der Waals surface area contributed by atoms with E-state index in [-0.39, 0.29) is 6.03 Å². The summed E-state index contributed by atoms with van der Waals surface area (Å²) in [6, 6.07) is 9.86. The minimum absolute atomic E-state index is 0.120. The second kappa shape index (κ2) is 8.79. The summed E-state index contributed by atoms with van der Waals surface area (Å²) in [5.41, 5.74) is 1.92. The van der Waals surface area contributed by atoms with Crippen LogP contribution in [0.25, 0.3) is 0 Å². The lowest BCUT2D eigenvalue weighted by Gasteiger charge is -2.18. The molecule has 0 aliphatic carbocycles. The fraction of sp³-hybridized carbons (Fsp3) is 0.389. The number of urea groups is 1. The van der Waals surface area contributed by atoms with Crippen molar-refractivity contribution in [3.8, 4) is 0 Å². The van der Waals surface area contributed by atoms with Crippen LogP contribution in [-0.4, -0.2) is 23.2 Å². The second-order valence-corrected chi connectivity index (χ2v) is 9.12. The van der Waals surface area contributed by atoms with E-state index in [9.17, 15) is 4.79 Å². The minimum Gasteiger partial charge on any atom is -0.322 e. The number of anilines is 1. The molecule has 1 unspecified atom stereocenters. The number of hydrogen-bond acceptors (Lipinski definition) is 3. The summed E-state index contributed by atoms with van der Waals surface area (Å²) in [7, 11) is 1.78. The quantitative estimate of drug-likeness (QED) is 0.597. The number of rotatable bonds is 6. The molecule has 130 valence electrons. The molecule has 0 radical (unpaired) electrons. The molecule has 2 amide bonds. The topological polar surface area (TPSA) is 32.3 Å². The van der Waals surface area contributed by atoms with Gasteiger partial charge in [-0.15, -0.1) is 23.1 Å². The molecule has 2 rings (SSSR count). The Morgan fingerprint density at radius 1 is 1.38 bits per heavy atom. The lowest BCUT2D eigenvalue weighted by atomic mass is 10.2. The summed E-state index contributed by atoms with van der Waals surface area (Å²) in [5.74, 6) is 0. The van der Waals surface area contributed by atoms with Crippen LogP contribution in [0.3, 0.4) is 0 Å². The van der Waals surface area contributed by atoms with E-state index >= 15 is 0 Å². The van der Waals surface area contributed by atoms with Crippen molar-refractivity contribution in [3.63, 3.8) is 0 Å². The van der Waals surface area contributed by atoms with Crippen molar-refractivity contribution in [2.45, 2.75) is 43.9 Å². The number of benzene rings is 1. The molecule has 1 atom stereocenters. The number of amides is 2. The van der Waals surface area contributed by atoms with Crippen LogP contribution in [0, 0.1) is 6.92 Å². The Bertz CT molecular complexity index is 702. The average molecular weight is 383 g/mol. The molecule has 0 bridgehead atoms. The van der Waals surface area contributed by atoms with Crippen molar-refractivity contribution in [3.05, 3.63) is 45.1 Å². The van der Waals surface area contributed by atoms with Crippen LogP contribution in [0.15, 0.2) is 35.2 Å². The standard InChI is InChI=1S/C18H23ClN2OS2/c1-5-13(3)23-14-6-8-16(12(2)10-14)20-18(22)21(4)11-15-7-9-17(19)24-15/h6-10,13H,5,11H2,1-4H3,(H,20,22). The maximum atomic E-state index is 12.4. The fourth-order valence-electron chi connectivity index (χ4n) is 2.12. The summed E-state index contributed by atoms with van der Waals surface area (Å²) in [6.07, 6.45) is 1.14. The lowest BCUT2D eigenvalue weighted by Crippen LogP contribution is -2.30. The maximum absolute atomic E-state index is 12.4. The molecule has 3 nitrogen and oxygen atoms in total. The second-order valence-electron chi connectivity index (χ2n) is 5.81. The third-order valence-corrected chi connectivity index (χ3v) is 6.20. The van der Waals surface area contributed by atoms with Gasteiger partial charge in [-0.1, -0.05) is 25.4 Å². The van der Waals surface area contributed by atoms with Gasteiger partial charge in [0.2, 0.25) is 0 Å². The van der Waals surface area contributed by atoms with Crippen molar-refractivity contribution >= 4 is 46.4 Å². The number of hydrogen-bond donors (Lipinski definition) is 1. The Labute approximate surface area is 157 Å². The summed E-state index contributed by atoms with van der Waals surface area (Å²) in [6.45, 7) is 6.98. The van der Waals surface area contributed by atoms with Gasteiger partial charge in [0.1, 0.15) is 0 Å². The van der Waals surface area contributed by atoms with Gasteiger partial charge < -0.3 is 10.2 Å². The Balaban J connectivity index is 1.97. The predicted molar refractivity (Wildman–Crippen MR) is 107 cm³/mol. The van der Waals surface area contributed by atoms with E-state index < -0.39 is 0 Å². The molecule has 1 aromatic carbocycles. The van der Waals surface area contributed by atoms with Crippen LogP contribution in [0.1, 0.15) is 30.7 Å². The van der Waals surface area contributed by atoms with E-state index in [1.165, 1.54) is 16.2 Å². The summed E-state index contributed by atoms with van der Waals surface area (Å²) in [5, 5.41) is 3.57. The van der Waals surface area contributed by atoms with E-state index in [1.807, 2.05) is 36.9 Å². The summed E-state index contributed by atoms with van der Waals surface area (Å²) >= 11 is 9.29. The SMILES string of the molecule is CCC(C)Sc1ccc(NC(=O)N(C)Cc2ccc(Cl)s2)c(C)c1. The average Bonchev–Trinajstić information content (AvgIpc) is 2.94. The monoisotopic (exact) mass is 382 g/mol. The zero-order valence-electron chi connectivity index (χ0n) is 14.4. The number of carbonyl (C=O) groups excluding carboxylic acids is 1. The third-order valence-electron chi connectivity index (χ3n) is 3.72. The Hall–Kier alpha value is -1.17. The molecule has 0 spiro atoms. The molecule has 2 aromatic rings. The number of thiophene rings is 1.